The van der Waals surface area contributed by atoms with E-state index in [0.717, 1.165) is 114 Å². The molecule has 19 heteroatoms. The zero-order valence-electron chi connectivity index (χ0n) is 67.2. The molecule has 0 amide bonds. The molecular weight excluding hydrogens is 1330 g/mol. The number of aliphatic hydroxyl groups is 1. The zero-order valence-corrected chi connectivity index (χ0v) is 69.0. The van der Waals surface area contributed by atoms with Gasteiger partial charge in [0.2, 0.25) is 0 Å². The maximum atomic E-state index is 13.1. The number of hydrogen-bond donors (Lipinski definition) is 3. The first-order valence-electron chi connectivity index (χ1n) is 42.8. The number of carbonyl (C=O) groups is 4. The van der Waals surface area contributed by atoms with Crippen LogP contribution in [0.2, 0.25) is 0 Å². The third-order valence-corrected chi connectivity index (χ3v) is 21.9. The fourth-order valence-electron chi connectivity index (χ4n) is 12.7. The molecule has 4 unspecified atom stereocenters. The Morgan fingerprint density at radius 3 is 0.696 bits per heavy atom. The van der Waals surface area contributed by atoms with Gasteiger partial charge in [-0.1, -0.05) is 376 Å². The summed E-state index contributed by atoms with van der Waals surface area (Å²) in [7, 11) is -9.92. The van der Waals surface area contributed by atoms with Crippen LogP contribution in [-0.2, 0) is 65.4 Å². The lowest BCUT2D eigenvalue weighted by Gasteiger charge is -2.21. The molecule has 0 saturated carbocycles. The second-order valence-corrected chi connectivity index (χ2v) is 34.2. The highest BCUT2D eigenvalue weighted by Crippen LogP contribution is 2.45. The predicted molar refractivity (Wildman–Crippen MR) is 418 cm³/mol. The van der Waals surface area contributed by atoms with Gasteiger partial charge in [0.15, 0.2) is 12.2 Å². The van der Waals surface area contributed by atoms with E-state index in [1.165, 1.54) is 231 Å². The molecule has 0 saturated heterocycles. The monoisotopic (exact) mass is 1490 g/mol. The van der Waals surface area contributed by atoms with Crippen LogP contribution in [0, 0.1) is 23.7 Å². The van der Waals surface area contributed by atoms with Gasteiger partial charge in [0.1, 0.15) is 19.3 Å². The zero-order chi connectivity index (χ0) is 75.3. The van der Waals surface area contributed by atoms with E-state index in [2.05, 4.69) is 55.4 Å². The van der Waals surface area contributed by atoms with E-state index in [9.17, 15) is 43.2 Å². The molecule has 0 aromatic carbocycles. The molecule has 0 bridgehead atoms. The van der Waals surface area contributed by atoms with Crippen LogP contribution >= 0.6 is 15.6 Å². The lowest BCUT2D eigenvalue weighted by atomic mass is 9.99. The smallest absolute Gasteiger partial charge is 0.462 e. The summed E-state index contributed by atoms with van der Waals surface area (Å²) in [5.41, 5.74) is 0. The number of hydrogen-bond acceptors (Lipinski definition) is 15. The van der Waals surface area contributed by atoms with Crippen LogP contribution in [0.1, 0.15) is 428 Å². The van der Waals surface area contributed by atoms with E-state index in [-0.39, 0.29) is 25.7 Å². The first kappa shape index (κ1) is 100. The molecule has 0 rings (SSSR count). The summed E-state index contributed by atoms with van der Waals surface area (Å²) in [6, 6.07) is 0. The van der Waals surface area contributed by atoms with E-state index in [1.807, 2.05) is 0 Å². The summed E-state index contributed by atoms with van der Waals surface area (Å²) in [5.74, 6) is 1.06. The highest BCUT2D eigenvalue weighted by Gasteiger charge is 2.30. The minimum absolute atomic E-state index is 0.105. The van der Waals surface area contributed by atoms with Crippen LogP contribution in [0.15, 0.2) is 0 Å². The average Bonchev–Trinajstić information content (AvgIpc) is 0.917. The minimum atomic E-state index is -4.96. The van der Waals surface area contributed by atoms with Gasteiger partial charge < -0.3 is 33.8 Å². The van der Waals surface area contributed by atoms with Crippen LogP contribution in [0.5, 0.6) is 0 Å². The molecule has 0 fully saturated rings. The Morgan fingerprint density at radius 1 is 0.275 bits per heavy atom. The van der Waals surface area contributed by atoms with Gasteiger partial charge in [-0.2, -0.15) is 0 Å². The molecule has 102 heavy (non-hydrogen) atoms. The van der Waals surface area contributed by atoms with Crippen molar-refractivity contribution < 1.29 is 80.2 Å². The van der Waals surface area contributed by atoms with E-state index in [1.54, 1.807) is 0 Å². The first-order chi connectivity index (χ1) is 49.2. The number of ether oxygens (including phenoxy) is 4. The van der Waals surface area contributed by atoms with Crippen molar-refractivity contribution in [3.8, 4) is 0 Å². The number of phosphoric acid groups is 2. The molecule has 0 aromatic rings. The molecule has 3 N–H and O–H groups in total. The van der Waals surface area contributed by atoms with Crippen molar-refractivity contribution in [2.75, 3.05) is 39.6 Å². The van der Waals surface area contributed by atoms with E-state index < -0.39 is 97.5 Å². The first-order valence-corrected chi connectivity index (χ1v) is 45.8. The van der Waals surface area contributed by atoms with Crippen LogP contribution in [0.3, 0.4) is 0 Å². The molecule has 0 spiro atoms. The Bertz CT molecular complexity index is 1990. The van der Waals surface area contributed by atoms with Crippen molar-refractivity contribution in [3.05, 3.63) is 0 Å². The Kier molecular flexibility index (Phi) is 70.6. The van der Waals surface area contributed by atoms with Gasteiger partial charge >= 0.3 is 39.5 Å². The van der Waals surface area contributed by atoms with Crippen molar-refractivity contribution >= 4 is 39.5 Å². The molecule has 7 atom stereocenters. The van der Waals surface area contributed by atoms with Crippen molar-refractivity contribution in [3.63, 3.8) is 0 Å². The summed E-state index contributed by atoms with van der Waals surface area (Å²) in [5, 5.41) is 10.7. The third kappa shape index (κ3) is 73.6. The fraction of sp³-hybridized carbons (Fsp3) is 0.952. The molecule has 0 aliphatic heterocycles. The Morgan fingerprint density at radius 2 is 0.471 bits per heavy atom. The number of aliphatic hydroxyl groups excluding tert-OH is 1. The van der Waals surface area contributed by atoms with Crippen molar-refractivity contribution in [2.24, 2.45) is 23.7 Å². The second-order valence-electron chi connectivity index (χ2n) is 31.3. The quantitative estimate of drug-likeness (QED) is 0.0222. The fourth-order valence-corrected chi connectivity index (χ4v) is 14.3. The summed E-state index contributed by atoms with van der Waals surface area (Å²) in [6.07, 6.45) is 59.6. The van der Waals surface area contributed by atoms with Crippen molar-refractivity contribution in [2.45, 2.75) is 446 Å². The Hall–Kier alpha value is -1.94. The number of carbonyl (C=O) groups excluding carboxylic acids is 4. The summed E-state index contributed by atoms with van der Waals surface area (Å²) >= 11 is 0. The molecule has 0 aromatic heterocycles. The topological polar surface area (TPSA) is 237 Å². The minimum Gasteiger partial charge on any atom is -0.462 e. The molecule has 0 aliphatic carbocycles. The third-order valence-electron chi connectivity index (χ3n) is 20.0. The summed E-state index contributed by atoms with van der Waals surface area (Å²) in [6.45, 7) is 14.3. The number of unbranched alkanes of at least 4 members (excludes halogenated alkanes) is 44. The van der Waals surface area contributed by atoms with Crippen LogP contribution in [0.25, 0.3) is 0 Å². The SMILES string of the molecule is CCC(C)CCCCCCCCCCCCCCCCCCCCC(=O)O[C@H](COC(=O)CCCCCCCCCCCCCCCC(C)C)COP(=O)(O)OC[C@@H](O)COP(=O)(O)OC[C@@H](COC(=O)CCCCCCCCCCC(C)CC)OC(=O)CCCCCCCCCCCC(C)C. The molecule has 606 valence electrons. The van der Waals surface area contributed by atoms with Gasteiger partial charge in [0.25, 0.3) is 0 Å². The average molecular weight is 1490 g/mol. The van der Waals surface area contributed by atoms with Crippen LogP contribution in [-0.4, -0.2) is 96.7 Å². The van der Waals surface area contributed by atoms with Gasteiger partial charge in [0.05, 0.1) is 26.4 Å². The highest BCUT2D eigenvalue weighted by molar-refractivity contribution is 7.47. The summed E-state index contributed by atoms with van der Waals surface area (Å²) < 4.78 is 68.8. The number of rotatable bonds is 80. The van der Waals surface area contributed by atoms with Gasteiger partial charge in [0, 0.05) is 25.7 Å². The largest absolute Gasteiger partial charge is 0.472 e. The second kappa shape index (κ2) is 72.0. The number of esters is 4. The normalized spacial score (nSPS) is 14.5. The number of phosphoric ester groups is 2. The standard InChI is InChI=1S/C83H162O17P2/c1-9-75(7)61-53-45-37-29-23-19-15-13-11-12-14-16-20-25-31-41-49-57-65-82(87)99-78(69-93-80(85)63-55-47-39-30-24-21-17-18-22-27-35-43-51-59-73(3)4)71-97-101(89,90)95-67-77(84)68-96-102(91,92)98-72-79(100-83(88)66-58-50-42-32-26-28-36-44-52-60-74(5)6)70-94-81(86)64-56-48-40-34-33-38-46-54-62-76(8)10-2/h73-79,84H,9-72H2,1-8H3,(H,89,90)(H,91,92)/t75?,76?,77-,78-,79-/m1/s1. The molecule has 0 heterocycles. The highest BCUT2D eigenvalue weighted by atomic mass is 31.2. The van der Waals surface area contributed by atoms with E-state index in [0.29, 0.717) is 25.7 Å². The maximum Gasteiger partial charge on any atom is 0.472 e. The molecule has 0 aliphatic rings. The van der Waals surface area contributed by atoms with Gasteiger partial charge in [-0.25, -0.2) is 9.13 Å². The Balaban J connectivity index is 5.23. The molecule has 17 nitrogen and oxygen atoms in total. The van der Waals surface area contributed by atoms with Gasteiger partial charge in [-0.05, 0) is 49.4 Å². The van der Waals surface area contributed by atoms with Gasteiger partial charge in [-0.15, -0.1) is 0 Å². The maximum absolute atomic E-state index is 13.1. The Labute approximate surface area is 626 Å². The van der Waals surface area contributed by atoms with Crippen LogP contribution in [0.4, 0.5) is 0 Å². The molecule has 0 radical (unpaired) electrons. The van der Waals surface area contributed by atoms with Gasteiger partial charge in [-0.3, -0.25) is 37.3 Å². The van der Waals surface area contributed by atoms with Crippen molar-refractivity contribution in [1.82, 2.24) is 0 Å². The predicted octanol–water partition coefficient (Wildman–Crippen LogP) is 24.8. The molecular formula is C83H162O17P2. The van der Waals surface area contributed by atoms with E-state index in [4.69, 9.17) is 37.0 Å². The van der Waals surface area contributed by atoms with Crippen LogP contribution < -0.4 is 0 Å². The summed E-state index contributed by atoms with van der Waals surface area (Å²) in [4.78, 5) is 73.1. The lowest BCUT2D eigenvalue weighted by Crippen LogP contribution is -2.30. The lowest BCUT2D eigenvalue weighted by molar-refractivity contribution is -0.161. The van der Waals surface area contributed by atoms with Crippen molar-refractivity contribution in [1.29, 1.82) is 0 Å². The van der Waals surface area contributed by atoms with E-state index >= 15 is 0 Å².